The predicted molar refractivity (Wildman–Crippen MR) is 112 cm³/mol. The van der Waals surface area contributed by atoms with Gasteiger partial charge in [0.15, 0.2) is 15.5 Å². The fourth-order valence-corrected chi connectivity index (χ4v) is 4.57. The molecule has 0 unspecified atom stereocenters. The van der Waals surface area contributed by atoms with Gasteiger partial charge in [0, 0.05) is 16.9 Å². The van der Waals surface area contributed by atoms with Crippen molar-refractivity contribution >= 4 is 41.6 Å². The molecule has 1 aromatic heterocycles. The summed E-state index contributed by atoms with van der Waals surface area (Å²) in [4.78, 5) is 17.1. The van der Waals surface area contributed by atoms with E-state index < -0.39 is 11.7 Å². The molecule has 0 fully saturated rings. The highest BCUT2D eigenvalue weighted by Crippen LogP contribution is 2.32. The van der Waals surface area contributed by atoms with Crippen LogP contribution >= 0.6 is 23.6 Å². The van der Waals surface area contributed by atoms with Gasteiger partial charge in [0.25, 0.3) is 5.91 Å². The molecule has 30 heavy (non-hydrogen) atoms. The van der Waals surface area contributed by atoms with E-state index in [0.717, 1.165) is 11.3 Å². The van der Waals surface area contributed by atoms with E-state index in [9.17, 15) is 14.3 Å². The molecule has 0 aliphatic carbocycles. The van der Waals surface area contributed by atoms with Crippen molar-refractivity contribution in [2.75, 3.05) is 13.2 Å². The van der Waals surface area contributed by atoms with E-state index >= 15 is 0 Å². The molecule has 0 bridgehead atoms. The van der Waals surface area contributed by atoms with Crippen LogP contribution in [0.5, 0.6) is 17.4 Å². The van der Waals surface area contributed by atoms with E-state index in [0.29, 0.717) is 49.8 Å². The fraction of sp³-hybridized carbons (Fsp3) is 0.0952. The van der Waals surface area contributed by atoms with Gasteiger partial charge in [0.1, 0.15) is 19.0 Å². The number of carbonyl (C=O) groups is 1. The quantitative estimate of drug-likeness (QED) is 0.490. The lowest BCUT2D eigenvalue weighted by molar-refractivity contribution is -0.114. The van der Waals surface area contributed by atoms with Gasteiger partial charge in [0.2, 0.25) is 5.88 Å². The second kappa shape index (κ2) is 7.19. The molecular weight excluding hydrogens is 427 g/mol. The Balaban J connectivity index is 1.61. The maximum absolute atomic E-state index is 13.6. The number of fused-ring (bicyclic) bond motifs is 2. The van der Waals surface area contributed by atoms with E-state index in [1.807, 2.05) is 0 Å². The molecule has 3 aromatic rings. The number of benzene rings is 2. The summed E-state index contributed by atoms with van der Waals surface area (Å²) >= 11 is 6.45. The van der Waals surface area contributed by atoms with E-state index in [-0.39, 0.29) is 11.5 Å². The minimum Gasteiger partial charge on any atom is -0.493 e. The Labute approximate surface area is 178 Å². The molecule has 6 nitrogen and oxygen atoms in total. The monoisotopic (exact) mass is 440 g/mol. The highest BCUT2D eigenvalue weighted by molar-refractivity contribution is 7.73. The molecule has 9 heteroatoms. The Bertz CT molecular complexity index is 1420. The maximum Gasteiger partial charge on any atom is 0.277 e. The Morgan fingerprint density at radius 1 is 1.20 bits per heavy atom. The van der Waals surface area contributed by atoms with Gasteiger partial charge in [-0.2, -0.15) is 0 Å². The number of halogens is 1. The van der Waals surface area contributed by atoms with Crippen LogP contribution in [0.1, 0.15) is 4.88 Å². The zero-order chi connectivity index (χ0) is 20.8. The molecule has 0 radical (unpaired) electrons. The van der Waals surface area contributed by atoms with Crippen LogP contribution in [-0.4, -0.2) is 28.8 Å². The molecule has 2 aromatic carbocycles. The molecule has 5 rings (SSSR count). The van der Waals surface area contributed by atoms with Crippen LogP contribution in [0.15, 0.2) is 47.0 Å². The number of hydrogen-bond donors (Lipinski definition) is 1. The lowest BCUT2D eigenvalue weighted by Gasteiger charge is -2.18. The summed E-state index contributed by atoms with van der Waals surface area (Å²) in [6.45, 7) is 0.899. The summed E-state index contributed by atoms with van der Waals surface area (Å²) in [5.74, 6) is 0.0872. The third-order valence-corrected chi connectivity index (χ3v) is 5.95. The van der Waals surface area contributed by atoms with Gasteiger partial charge in [0.05, 0.1) is 15.9 Å². The number of ether oxygens (including phenoxy) is 2. The lowest BCUT2D eigenvalue weighted by atomic mass is 10.1. The number of aromatic hydroxyl groups is 1. The average molecular weight is 440 g/mol. The summed E-state index contributed by atoms with van der Waals surface area (Å²) in [5, 5.41) is 11.9. The molecule has 150 valence electrons. The molecule has 0 spiro atoms. The Morgan fingerprint density at radius 3 is 2.73 bits per heavy atom. The van der Waals surface area contributed by atoms with E-state index in [2.05, 4.69) is 4.99 Å². The molecule has 2 aliphatic rings. The second-order valence-electron chi connectivity index (χ2n) is 6.59. The van der Waals surface area contributed by atoms with Crippen LogP contribution in [-0.2, 0) is 4.79 Å². The molecule has 2 aliphatic heterocycles. The van der Waals surface area contributed by atoms with E-state index in [4.69, 9.17) is 21.7 Å². The van der Waals surface area contributed by atoms with Gasteiger partial charge in [-0.25, -0.2) is 9.38 Å². The third-order valence-electron chi connectivity index (χ3n) is 4.64. The van der Waals surface area contributed by atoms with Gasteiger partial charge in [-0.3, -0.25) is 9.36 Å². The van der Waals surface area contributed by atoms with Crippen LogP contribution in [0.4, 0.5) is 4.39 Å². The average Bonchev–Trinajstić information content (AvgIpc) is 3.00. The highest BCUT2D eigenvalue weighted by atomic mass is 32.1. The van der Waals surface area contributed by atoms with Crippen LogP contribution in [0.25, 0.3) is 17.8 Å². The van der Waals surface area contributed by atoms with Gasteiger partial charge >= 0.3 is 0 Å². The summed E-state index contributed by atoms with van der Waals surface area (Å²) in [7, 11) is 0. The molecule has 0 saturated heterocycles. The van der Waals surface area contributed by atoms with Crippen molar-refractivity contribution in [1.82, 2.24) is 4.57 Å². The first-order valence-corrected chi connectivity index (χ1v) is 10.2. The smallest absolute Gasteiger partial charge is 0.277 e. The number of nitrogens with zero attached hydrogens (tertiary/aromatic N) is 2. The fourth-order valence-electron chi connectivity index (χ4n) is 3.27. The predicted octanol–water partition coefficient (Wildman–Crippen LogP) is 2.91. The first kappa shape index (κ1) is 18.7. The molecule has 1 N–H and O–H groups in total. The second-order valence-corrected chi connectivity index (χ2v) is 8.26. The minimum atomic E-state index is -0.449. The number of carbonyl (C=O) groups excluding carboxylic acids is 1. The van der Waals surface area contributed by atoms with Crippen molar-refractivity contribution in [3.63, 3.8) is 0 Å². The van der Waals surface area contributed by atoms with Crippen LogP contribution in [0.2, 0.25) is 0 Å². The molecule has 0 atom stereocenters. The zero-order valence-electron chi connectivity index (χ0n) is 15.3. The van der Waals surface area contributed by atoms with Gasteiger partial charge < -0.3 is 14.6 Å². The summed E-state index contributed by atoms with van der Waals surface area (Å²) in [6.07, 6.45) is 3.20. The van der Waals surface area contributed by atoms with Crippen molar-refractivity contribution < 1.29 is 23.8 Å². The van der Waals surface area contributed by atoms with Crippen molar-refractivity contribution in [2.45, 2.75) is 0 Å². The van der Waals surface area contributed by atoms with Crippen LogP contribution in [0, 0.1) is 9.77 Å². The number of thiazole rings is 1. The molecule has 3 heterocycles. The van der Waals surface area contributed by atoms with Crippen molar-refractivity contribution in [2.24, 2.45) is 4.99 Å². The Kier molecular flexibility index (Phi) is 4.48. The highest BCUT2D eigenvalue weighted by Gasteiger charge is 2.18. The normalized spacial score (nSPS) is 16.0. The Hall–Kier alpha value is -3.30. The Morgan fingerprint density at radius 2 is 1.97 bits per heavy atom. The maximum atomic E-state index is 13.6. The van der Waals surface area contributed by atoms with Gasteiger partial charge in [-0.15, -0.1) is 11.3 Å². The zero-order valence-corrected chi connectivity index (χ0v) is 16.9. The van der Waals surface area contributed by atoms with Crippen molar-refractivity contribution in [3.05, 3.63) is 67.2 Å². The SMILES string of the molecule is O=C1N=c2cc3c(cc2=C/C1=C/c1sc(=S)n(-c2cccc(F)c2)c1O)OCCO3. The summed E-state index contributed by atoms with van der Waals surface area (Å²) in [6, 6.07) is 9.19. The van der Waals surface area contributed by atoms with Gasteiger partial charge in [-0.05, 0) is 48.6 Å². The lowest BCUT2D eigenvalue weighted by Crippen LogP contribution is -2.32. The summed E-state index contributed by atoms with van der Waals surface area (Å²) in [5.41, 5.74) is 0.688. The van der Waals surface area contributed by atoms with Crippen LogP contribution in [0.3, 0.4) is 0 Å². The first-order valence-electron chi connectivity index (χ1n) is 8.96. The largest absolute Gasteiger partial charge is 0.493 e. The number of rotatable bonds is 2. The van der Waals surface area contributed by atoms with E-state index in [1.165, 1.54) is 28.8 Å². The van der Waals surface area contributed by atoms with Crippen molar-refractivity contribution in [3.8, 4) is 23.1 Å². The number of hydrogen-bond acceptors (Lipinski definition) is 6. The minimum absolute atomic E-state index is 0.169. The molecule has 1 amide bonds. The standard InChI is InChI=1S/C21H13FN2O4S2/c22-13-2-1-3-14(9-13)24-20(26)18(30-21(24)29)8-12-6-11-7-16-17(28-5-4-27-16)10-15(11)23-19(12)25/h1-3,6-10,26H,4-5H2/b12-8-. The van der Waals surface area contributed by atoms with Crippen molar-refractivity contribution in [1.29, 1.82) is 0 Å². The number of amides is 1. The van der Waals surface area contributed by atoms with Gasteiger partial charge in [-0.1, -0.05) is 6.07 Å². The van der Waals surface area contributed by atoms with E-state index in [1.54, 1.807) is 24.3 Å². The van der Waals surface area contributed by atoms with Crippen LogP contribution < -0.4 is 20.0 Å². The third kappa shape index (κ3) is 3.21. The molecular formula is C21H13FN2O4S2. The number of aromatic nitrogens is 1. The first-order chi connectivity index (χ1) is 14.5. The topological polar surface area (TPSA) is 73.1 Å². The molecule has 0 saturated carbocycles. The summed E-state index contributed by atoms with van der Waals surface area (Å²) < 4.78 is 26.4.